The van der Waals surface area contributed by atoms with Crippen molar-refractivity contribution in [3.05, 3.63) is 78.4 Å². The van der Waals surface area contributed by atoms with Crippen LogP contribution in [0.25, 0.3) is 0 Å². The van der Waals surface area contributed by atoms with Gasteiger partial charge >= 0.3 is 0 Å². The van der Waals surface area contributed by atoms with E-state index in [2.05, 4.69) is 53.4 Å². The Hall–Kier alpha value is -3.10. The van der Waals surface area contributed by atoms with Crippen LogP contribution in [0.4, 0.5) is 0 Å². The molecular weight excluding hydrogens is 400 g/mol. The SMILES string of the molecule is CN1CCN=C1CN(CCN(Cc1ccccn1)Cc1nccn1C)Cc1ccccn1. The Kier molecular flexibility index (Phi) is 7.58. The third kappa shape index (κ3) is 6.21. The van der Waals surface area contributed by atoms with Crippen molar-refractivity contribution >= 4 is 5.84 Å². The topological polar surface area (TPSA) is 65.7 Å². The summed E-state index contributed by atoms with van der Waals surface area (Å²) in [4.78, 5) is 25.4. The summed E-state index contributed by atoms with van der Waals surface area (Å²) in [5.41, 5.74) is 2.15. The Morgan fingerprint density at radius 3 is 1.94 bits per heavy atom. The predicted molar refractivity (Wildman–Crippen MR) is 126 cm³/mol. The predicted octanol–water partition coefficient (Wildman–Crippen LogP) is 2.06. The van der Waals surface area contributed by atoms with Crippen molar-refractivity contribution in [3.63, 3.8) is 0 Å². The number of aromatic nitrogens is 4. The highest BCUT2D eigenvalue weighted by molar-refractivity contribution is 5.85. The van der Waals surface area contributed by atoms with Gasteiger partial charge in [0.05, 0.1) is 31.0 Å². The number of hydrogen-bond donors (Lipinski definition) is 0. The van der Waals surface area contributed by atoms with Crippen molar-refractivity contribution in [3.8, 4) is 0 Å². The number of aryl methyl sites for hydroxylation is 1. The van der Waals surface area contributed by atoms with Crippen LogP contribution in [0.3, 0.4) is 0 Å². The third-order valence-electron chi connectivity index (χ3n) is 5.78. The number of pyridine rings is 2. The van der Waals surface area contributed by atoms with E-state index in [4.69, 9.17) is 4.99 Å². The number of amidine groups is 1. The van der Waals surface area contributed by atoms with Gasteiger partial charge in [-0.15, -0.1) is 0 Å². The molecule has 0 aliphatic carbocycles. The van der Waals surface area contributed by atoms with Gasteiger partial charge in [-0.2, -0.15) is 0 Å². The van der Waals surface area contributed by atoms with Crippen molar-refractivity contribution in [1.29, 1.82) is 0 Å². The molecule has 0 atom stereocenters. The molecule has 168 valence electrons. The van der Waals surface area contributed by atoms with E-state index in [1.165, 1.54) is 0 Å². The maximum Gasteiger partial charge on any atom is 0.122 e. The van der Waals surface area contributed by atoms with Gasteiger partial charge in [-0.05, 0) is 24.3 Å². The summed E-state index contributed by atoms with van der Waals surface area (Å²) in [6.07, 6.45) is 7.57. The quantitative estimate of drug-likeness (QED) is 0.462. The van der Waals surface area contributed by atoms with E-state index < -0.39 is 0 Å². The monoisotopic (exact) mass is 432 g/mol. The Morgan fingerprint density at radius 2 is 1.44 bits per heavy atom. The van der Waals surface area contributed by atoms with Crippen molar-refractivity contribution in [2.24, 2.45) is 12.0 Å². The number of hydrogen-bond acceptors (Lipinski definition) is 7. The minimum atomic E-state index is 0.776. The van der Waals surface area contributed by atoms with Gasteiger partial charge in [0.2, 0.25) is 0 Å². The van der Waals surface area contributed by atoms with Crippen LogP contribution < -0.4 is 0 Å². The molecule has 0 bridgehead atoms. The molecule has 0 saturated heterocycles. The first-order valence-electron chi connectivity index (χ1n) is 11.1. The van der Waals surface area contributed by atoms with Gasteiger partial charge < -0.3 is 9.47 Å². The molecule has 0 amide bonds. The molecule has 4 heterocycles. The summed E-state index contributed by atoms with van der Waals surface area (Å²) in [6.45, 7) is 6.87. The van der Waals surface area contributed by atoms with E-state index in [1.807, 2.05) is 56.1 Å². The van der Waals surface area contributed by atoms with Crippen LogP contribution >= 0.6 is 0 Å². The average molecular weight is 433 g/mol. The zero-order chi connectivity index (χ0) is 22.2. The lowest BCUT2D eigenvalue weighted by Gasteiger charge is -2.28. The summed E-state index contributed by atoms with van der Waals surface area (Å²) in [7, 11) is 4.17. The van der Waals surface area contributed by atoms with E-state index in [0.717, 1.165) is 75.4 Å². The lowest BCUT2D eigenvalue weighted by Crippen LogP contribution is -2.40. The lowest BCUT2D eigenvalue weighted by atomic mass is 10.3. The maximum absolute atomic E-state index is 4.71. The van der Waals surface area contributed by atoms with Crippen molar-refractivity contribution in [1.82, 2.24) is 34.2 Å². The Labute approximate surface area is 190 Å². The van der Waals surface area contributed by atoms with Gasteiger partial charge in [0.1, 0.15) is 11.7 Å². The van der Waals surface area contributed by atoms with Gasteiger partial charge in [-0.3, -0.25) is 24.8 Å². The second-order valence-corrected chi connectivity index (χ2v) is 8.24. The van der Waals surface area contributed by atoms with E-state index >= 15 is 0 Å². The lowest BCUT2D eigenvalue weighted by molar-refractivity contribution is 0.192. The van der Waals surface area contributed by atoms with Gasteiger partial charge in [-0.1, -0.05) is 12.1 Å². The first-order valence-corrected chi connectivity index (χ1v) is 11.1. The third-order valence-corrected chi connectivity index (χ3v) is 5.78. The highest BCUT2D eigenvalue weighted by atomic mass is 15.3. The van der Waals surface area contributed by atoms with Crippen LogP contribution in [-0.4, -0.2) is 79.8 Å². The average Bonchev–Trinajstić information content (AvgIpc) is 3.41. The van der Waals surface area contributed by atoms with Gasteiger partial charge in [0, 0.05) is 71.6 Å². The Bertz CT molecular complexity index is 986. The van der Waals surface area contributed by atoms with Crippen LogP contribution in [0.5, 0.6) is 0 Å². The largest absolute Gasteiger partial charge is 0.360 e. The molecule has 0 saturated carbocycles. The number of likely N-dealkylation sites (N-methyl/N-ethyl adjacent to an activating group) is 1. The first-order chi connectivity index (χ1) is 15.7. The fourth-order valence-electron chi connectivity index (χ4n) is 3.85. The molecule has 0 spiro atoms. The maximum atomic E-state index is 4.71. The Morgan fingerprint density at radius 1 is 0.781 bits per heavy atom. The first kappa shape index (κ1) is 22.1. The molecule has 3 aromatic rings. The molecule has 1 aliphatic rings. The van der Waals surface area contributed by atoms with Crippen molar-refractivity contribution in [2.75, 3.05) is 39.8 Å². The summed E-state index contributed by atoms with van der Waals surface area (Å²) in [6, 6.07) is 12.2. The molecular formula is C24H32N8. The molecule has 0 aromatic carbocycles. The standard InChI is InChI=1S/C24H32N8/c1-29-13-11-27-23(29)19-31(17-21-7-3-5-9-25-21)15-16-32(18-22-8-4-6-10-26-22)20-24-28-12-14-30(24)2/h3-11,13H,12,14-20H2,1-2H3. The van der Waals surface area contributed by atoms with Crippen molar-refractivity contribution in [2.45, 2.75) is 19.6 Å². The minimum Gasteiger partial charge on any atom is -0.360 e. The molecule has 3 aromatic heterocycles. The fraction of sp³-hybridized carbons (Fsp3) is 0.417. The summed E-state index contributed by atoms with van der Waals surface area (Å²) >= 11 is 0. The normalized spacial score (nSPS) is 13.9. The van der Waals surface area contributed by atoms with Crippen molar-refractivity contribution < 1.29 is 0 Å². The molecule has 8 nitrogen and oxygen atoms in total. The molecule has 32 heavy (non-hydrogen) atoms. The highest BCUT2D eigenvalue weighted by Gasteiger charge is 2.19. The second-order valence-electron chi connectivity index (χ2n) is 8.24. The summed E-state index contributed by atoms with van der Waals surface area (Å²) in [5, 5.41) is 0. The summed E-state index contributed by atoms with van der Waals surface area (Å²) in [5.74, 6) is 2.21. The number of rotatable bonds is 11. The van der Waals surface area contributed by atoms with Crippen LogP contribution in [0, 0.1) is 0 Å². The van der Waals surface area contributed by atoms with E-state index in [9.17, 15) is 0 Å². The van der Waals surface area contributed by atoms with Crippen LogP contribution in [0.15, 0.2) is 66.2 Å². The molecule has 0 radical (unpaired) electrons. The number of aliphatic imine (C=N–C) groups is 1. The zero-order valence-corrected chi connectivity index (χ0v) is 19.0. The molecule has 0 unspecified atom stereocenters. The van der Waals surface area contributed by atoms with Gasteiger partial charge in [-0.25, -0.2) is 4.98 Å². The highest BCUT2D eigenvalue weighted by Crippen LogP contribution is 2.10. The number of nitrogens with zero attached hydrogens (tertiary/aromatic N) is 8. The molecule has 0 N–H and O–H groups in total. The molecule has 0 fully saturated rings. The molecule has 1 aliphatic heterocycles. The zero-order valence-electron chi connectivity index (χ0n) is 19.0. The second kappa shape index (κ2) is 11.0. The van der Waals surface area contributed by atoms with E-state index in [0.29, 0.717) is 0 Å². The fourth-order valence-corrected chi connectivity index (χ4v) is 3.85. The molecule has 8 heteroatoms. The van der Waals surface area contributed by atoms with E-state index in [1.54, 1.807) is 0 Å². The Balaban J connectivity index is 1.46. The van der Waals surface area contributed by atoms with Gasteiger partial charge in [0.15, 0.2) is 0 Å². The number of imidazole rings is 1. The smallest absolute Gasteiger partial charge is 0.122 e. The van der Waals surface area contributed by atoms with Crippen LogP contribution in [0.1, 0.15) is 17.2 Å². The van der Waals surface area contributed by atoms with Gasteiger partial charge in [0.25, 0.3) is 0 Å². The minimum absolute atomic E-state index is 0.776. The van der Waals surface area contributed by atoms with Crippen LogP contribution in [-0.2, 0) is 26.7 Å². The van der Waals surface area contributed by atoms with Crippen LogP contribution in [0.2, 0.25) is 0 Å². The van der Waals surface area contributed by atoms with E-state index in [-0.39, 0.29) is 0 Å². The summed E-state index contributed by atoms with van der Waals surface area (Å²) < 4.78 is 2.08. The molecule has 4 rings (SSSR count).